The predicted molar refractivity (Wildman–Crippen MR) is 203 cm³/mol. The predicted octanol–water partition coefficient (Wildman–Crippen LogP) is 1.93. The van der Waals surface area contributed by atoms with Crippen molar-refractivity contribution in [2.24, 2.45) is 5.10 Å². The Kier molecular flexibility index (Phi) is 18.6. The number of cyclic esters (lactones) is 2. The maximum atomic E-state index is 14.8. The molecule has 0 spiro atoms. The average Bonchev–Trinajstić information content (AvgIpc) is 3.57. The van der Waals surface area contributed by atoms with Crippen LogP contribution in [-0.2, 0) is 51.1 Å². The topological polar surface area (TPSA) is 223 Å². The number of rotatable bonds is 10. The van der Waals surface area contributed by atoms with E-state index in [-0.39, 0.29) is 95.2 Å². The van der Waals surface area contributed by atoms with Gasteiger partial charge in [-0.05, 0) is 0 Å². The van der Waals surface area contributed by atoms with Crippen LogP contribution in [-0.4, -0.2) is 149 Å². The van der Waals surface area contributed by atoms with Crippen molar-refractivity contribution in [2.75, 3.05) is 91.8 Å². The van der Waals surface area contributed by atoms with E-state index in [0.717, 1.165) is 60.1 Å². The quantitative estimate of drug-likeness (QED) is 0.229. The molecule has 2 aromatic rings. The van der Waals surface area contributed by atoms with Crippen molar-refractivity contribution in [3.63, 3.8) is 0 Å². The molecule has 0 aromatic heterocycles. The summed E-state index contributed by atoms with van der Waals surface area (Å²) >= 11 is -1.44. The van der Waals surface area contributed by atoms with Gasteiger partial charge in [0.05, 0.1) is 57.2 Å². The molecule has 6 amide bonds. The van der Waals surface area contributed by atoms with E-state index in [0.29, 0.717) is 0 Å². The first-order valence-corrected chi connectivity index (χ1v) is 20.0. The second-order valence-electron chi connectivity index (χ2n) is 13.9. The van der Waals surface area contributed by atoms with Crippen LogP contribution >= 0.6 is 0 Å². The Bertz CT molecular complexity index is 2130. The molecule has 4 aliphatic heterocycles. The molecule has 6 rings (SSSR count). The van der Waals surface area contributed by atoms with Gasteiger partial charge in [-0.3, -0.25) is 34.0 Å². The summed E-state index contributed by atoms with van der Waals surface area (Å²) in [4.78, 5) is 72.8. The molecule has 0 aliphatic carbocycles. The third-order valence-electron chi connectivity index (χ3n) is 9.44. The van der Waals surface area contributed by atoms with Crippen LogP contribution in [0.15, 0.2) is 29.4 Å². The minimum atomic E-state index is -3.19. The summed E-state index contributed by atoms with van der Waals surface area (Å²) in [6.45, 7) is 1.71. The molecule has 2 atom stereocenters. The Labute approximate surface area is 369 Å². The molecule has 4 aliphatic rings. The first kappa shape index (κ1) is 51.3. The second-order valence-corrected chi connectivity index (χ2v) is 14.1. The number of halogens is 8. The van der Waals surface area contributed by atoms with Crippen LogP contribution in [0.2, 0.25) is 0 Å². The van der Waals surface area contributed by atoms with Crippen LogP contribution < -0.4 is 35.9 Å². The van der Waals surface area contributed by atoms with Gasteiger partial charge >= 0.3 is 47.5 Å². The molecule has 3 fully saturated rings. The number of anilines is 4. The van der Waals surface area contributed by atoms with Crippen LogP contribution in [0.25, 0.3) is 0 Å². The zero-order valence-electron chi connectivity index (χ0n) is 34.1. The molecule has 3 saturated heterocycles. The van der Waals surface area contributed by atoms with Crippen LogP contribution in [0, 0.1) is 23.3 Å². The molecule has 2 aromatic carbocycles. The molecule has 65 heavy (non-hydrogen) atoms. The average molecular weight is 980 g/mol. The summed E-state index contributed by atoms with van der Waals surface area (Å²) in [5.41, 5.74) is 1.53. The van der Waals surface area contributed by atoms with Gasteiger partial charge in [-0.1, -0.05) is 0 Å². The number of hydrogen-bond donors (Lipinski definition) is 3. The molecule has 20 nitrogen and oxygen atoms in total. The summed E-state index contributed by atoms with van der Waals surface area (Å²) in [5.74, 6) is -7.44. The van der Waals surface area contributed by atoms with E-state index in [4.69, 9.17) is 17.1 Å². The third-order valence-corrected chi connectivity index (χ3v) is 9.44. The van der Waals surface area contributed by atoms with Gasteiger partial charge in [0.1, 0.15) is 23.6 Å². The molecule has 0 radical (unpaired) electrons. The van der Waals surface area contributed by atoms with Gasteiger partial charge < -0.3 is 34.9 Å². The number of amides is 6. The van der Waals surface area contributed by atoms with E-state index in [1.807, 2.05) is 0 Å². The number of carbonyl (C=O) groups is 6. The Morgan fingerprint density at radius 3 is 1.58 bits per heavy atom. The molecule has 4 heterocycles. The molecule has 357 valence electrons. The standard InChI is InChI=1S/C18H21F4N5O4.C18H19F4N5O4.Mn.2O/c2*1-10(28)23-8-12-9-26(18(30)31-12)11-6-13(19)15(14(20)7-11)27-5-4-25(3-2-24-27)17(29)16(21)22;;;/h6-7,12,16,24H,2-5,8-9H2,1H3,(H,23,28);2,6-7,12,16H,3-5,8-9H2,1H3,(H,23,28);;;/t2*12-;;;/m00.../s1. The van der Waals surface area contributed by atoms with E-state index < -0.39 is 98.5 Å². The summed E-state index contributed by atoms with van der Waals surface area (Å²) < 4.78 is 136. The van der Waals surface area contributed by atoms with Crippen LogP contribution in [0.5, 0.6) is 0 Å². The van der Waals surface area contributed by atoms with E-state index >= 15 is 0 Å². The fourth-order valence-corrected chi connectivity index (χ4v) is 6.50. The van der Waals surface area contributed by atoms with E-state index in [1.54, 1.807) is 0 Å². The molecule has 0 unspecified atom stereocenters. The summed E-state index contributed by atoms with van der Waals surface area (Å²) in [7, 11) is 0. The molecule has 29 heteroatoms. The first-order valence-electron chi connectivity index (χ1n) is 19.0. The fraction of sp³-hybridized carbons (Fsp3) is 0.472. The fourth-order valence-electron chi connectivity index (χ4n) is 6.50. The van der Waals surface area contributed by atoms with E-state index in [2.05, 4.69) is 21.2 Å². The first-order chi connectivity index (χ1) is 30.7. The van der Waals surface area contributed by atoms with Crippen LogP contribution in [0.4, 0.5) is 67.5 Å². The number of benzene rings is 2. The van der Waals surface area contributed by atoms with Crippen molar-refractivity contribution in [1.82, 2.24) is 25.9 Å². The Balaban J connectivity index is 0.000000268. The number of hydrazine groups is 1. The molecule has 0 bridgehead atoms. The third kappa shape index (κ3) is 13.8. The van der Waals surface area contributed by atoms with Gasteiger partial charge in [-0.25, -0.2) is 32.6 Å². The normalized spacial score (nSPS) is 18.5. The molecular formula is C36H40F8MnN10O10. The van der Waals surface area contributed by atoms with Gasteiger partial charge in [0.25, 0.3) is 11.8 Å². The van der Waals surface area contributed by atoms with E-state index in [1.165, 1.54) is 13.8 Å². The summed E-state index contributed by atoms with van der Waals surface area (Å²) in [6, 6.07) is 3.75. The number of ether oxygens (including phenoxy) is 2. The number of hydrazone groups is 1. The van der Waals surface area contributed by atoms with Crippen molar-refractivity contribution in [2.45, 2.75) is 38.9 Å². The maximum absolute atomic E-state index is 14.8. The summed E-state index contributed by atoms with van der Waals surface area (Å²) in [5, 5.41) is 10.9. The SMILES string of the molecule is CC(=O)NC[C@H]1CN(c2cc(F)c(N3CCN(C(=O)C(F)F)CC=N3)c(F)c2)C(=O)O1.CC(=O)NC[C@H]1CN(c2cc(F)c(N3CCN(C(=O)C(F)F)CCN3)c(F)c2)C(=O)O1.[O]=[Mn]=[O]. The Hall–Kier alpha value is -6.35. The number of nitrogens with zero attached hydrogens (tertiary/aromatic N) is 7. The zero-order valence-corrected chi connectivity index (χ0v) is 35.3. The van der Waals surface area contributed by atoms with Crippen molar-refractivity contribution >= 4 is 64.8 Å². The zero-order chi connectivity index (χ0) is 48.1. The Morgan fingerprint density at radius 2 is 1.14 bits per heavy atom. The molecule has 3 N–H and O–H groups in total. The number of nitrogens with one attached hydrogen (secondary N) is 3. The monoisotopic (exact) mass is 979 g/mol. The van der Waals surface area contributed by atoms with Crippen LogP contribution in [0.1, 0.15) is 13.8 Å². The molecule has 0 saturated carbocycles. The number of hydrogen-bond acceptors (Lipinski definition) is 14. The van der Waals surface area contributed by atoms with Gasteiger partial charge in [0.15, 0.2) is 23.3 Å². The van der Waals surface area contributed by atoms with Gasteiger partial charge in [-0.15, -0.1) is 0 Å². The van der Waals surface area contributed by atoms with E-state index in [9.17, 15) is 63.9 Å². The minimum absolute atomic E-state index is 0.00992. The van der Waals surface area contributed by atoms with Crippen molar-refractivity contribution in [3.8, 4) is 0 Å². The Morgan fingerprint density at radius 1 is 0.708 bits per heavy atom. The number of alkyl halides is 4. The van der Waals surface area contributed by atoms with Crippen molar-refractivity contribution in [3.05, 3.63) is 47.5 Å². The van der Waals surface area contributed by atoms with Gasteiger partial charge in [-0.2, -0.15) is 22.7 Å². The molecular weight excluding hydrogens is 939 g/mol. The second kappa shape index (κ2) is 23.5. The summed E-state index contributed by atoms with van der Waals surface area (Å²) in [6.07, 6.45) is -8.24. The van der Waals surface area contributed by atoms with Crippen molar-refractivity contribution < 1.29 is 95.9 Å². The van der Waals surface area contributed by atoms with Crippen molar-refractivity contribution in [1.29, 1.82) is 0 Å². The van der Waals surface area contributed by atoms with Gasteiger partial charge in [0.2, 0.25) is 11.8 Å². The van der Waals surface area contributed by atoms with Crippen LogP contribution in [0.3, 0.4) is 0 Å². The number of carbonyl (C=O) groups excluding carboxylic acids is 6. The van der Waals surface area contributed by atoms with Gasteiger partial charge in [0, 0.05) is 70.5 Å².